The van der Waals surface area contributed by atoms with E-state index < -0.39 is 18.8 Å². The Morgan fingerprint density at radius 1 is 1.21 bits per heavy atom. The highest BCUT2D eigenvalue weighted by molar-refractivity contribution is 7.99. The summed E-state index contributed by atoms with van der Waals surface area (Å²) in [4.78, 5) is 30.6. The molecule has 1 fully saturated rings. The average Bonchev–Trinajstić information content (AvgIpc) is 3.20. The van der Waals surface area contributed by atoms with Crippen LogP contribution in [0.1, 0.15) is 15.9 Å². The van der Waals surface area contributed by atoms with E-state index in [-0.39, 0.29) is 24.2 Å². The number of thioether (sulfide) groups is 1. The average molecular weight is 425 g/mol. The first kappa shape index (κ1) is 21.0. The van der Waals surface area contributed by atoms with Gasteiger partial charge in [-0.05, 0) is 18.2 Å². The summed E-state index contributed by atoms with van der Waals surface area (Å²) < 4.78 is 41.9. The summed E-state index contributed by atoms with van der Waals surface area (Å²) in [6.07, 6.45) is -3.18. The van der Waals surface area contributed by atoms with E-state index in [2.05, 4.69) is 10.3 Å². The predicted molar refractivity (Wildman–Crippen MR) is 101 cm³/mol. The number of nitrogens with one attached hydrogen (secondary N) is 1. The summed E-state index contributed by atoms with van der Waals surface area (Å²) in [6, 6.07) is 11.1. The molecule has 1 saturated heterocycles. The Hall–Kier alpha value is -2.75. The molecule has 1 atom stereocenters. The molecule has 2 amide bonds. The van der Waals surface area contributed by atoms with E-state index in [4.69, 9.17) is 4.74 Å². The summed E-state index contributed by atoms with van der Waals surface area (Å²) in [6.45, 7) is -1.53. The van der Waals surface area contributed by atoms with Crippen molar-refractivity contribution in [1.82, 2.24) is 15.2 Å². The first-order chi connectivity index (χ1) is 13.8. The van der Waals surface area contributed by atoms with Gasteiger partial charge in [0.2, 0.25) is 11.8 Å². The molecule has 1 N–H and O–H groups in total. The Labute approximate surface area is 169 Å². The Bertz CT molecular complexity index is 865. The number of carbonyl (C=O) groups excluding carboxylic acids is 2. The van der Waals surface area contributed by atoms with Gasteiger partial charge in [-0.15, -0.1) is 11.8 Å². The van der Waals surface area contributed by atoms with Gasteiger partial charge in [-0.3, -0.25) is 9.59 Å². The van der Waals surface area contributed by atoms with Crippen LogP contribution >= 0.6 is 11.8 Å². The number of aromatic nitrogens is 1. The minimum atomic E-state index is -4.49. The quantitative estimate of drug-likeness (QED) is 0.771. The maximum absolute atomic E-state index is 12.7. The molecule has 1 aliphatic heterocycles. The van der Waals surface area contributed by atoms with Crippen molar-refractivity contribution >= 4 is 23.6 Å². The topological polar surface area (TPSA) is 71.5 Å². The van der Waals surface area contributed by atoms with Gasteiger partial charge in [-0.1, -0.05) is 24.3 Å². The Kier molecular flexibility index (Phi) is 6.63. The van der Waals surface area contributed by atoms with Crippen LogP contribution < -0.4 is 10.1 Å². The molecule has 1 aliphatic rings. The molecule has 10 heteroatoms. The van der Waals surface area contributed by atoms with Crippen molar-refractivity contribution in [3.63, 3.8) is 0 Å². The molecule has 0 spiro atoms. The number of hydrogen-bond acceptors (Lipinski definition) is 5. The minimum Gasteiger partial charge on any atom is -0.468 e. The monoisotopic (exact) mass is 425 g/mol. The molecule has 0 aliphatic carbocycles. The smallest absolute Gasteiger partial charge is 0.422 e. The van der Waals surface area contributed by atoms with Crippen LogP contribution in [0.25, 0.3) is 0 Å². The van der Waals surface area contributed by atoms with Gasteiger partial charge >= 0.3 is 6.18 Å². The second-order valence-electron chi connectivity index (χ2n) is 6.25. The number of carbonyl (C=O) groups is 2. The zero-order chi connectivity index (χ0) is 20.9. The van der Waals surface area contributed by atoms with Crippen LogP contribution in [0.3, 0.4) is 0 Å². The van der Waals surface area contributed by atoms with Gasteiger partial charge in [0.15, 0.2) is 6.61 Å². The van der Waals surface area contributed by atoms with Gasteiger partial charge in [-0.25, -0.2) is 4.98 Å². The standard InChI is InChI=1S/C19H18F3N3O3S/c20-19(21,22)11-28-17-14(7-4-8-23-17)9-24-16(26)15-10-29-12-25(15)18(27)13-5-2-1-3-6-13/h1-8,15H,9-12H2,(H,24,26). The first-order valence-electron chi connectivity index (χ1n) is 8.70. The number of hydrogen-bond donors (Lipinski definition) is 1. The van der Waals surface area contributed by atoms with Crippen LogP contribution in [0.2, 0.25) is 0 Å². The lowest BCUT2D eigenvalue weighted by Crippen LogP contribution is -2.47. The number of alkyl halides is 3. The lowest BCUT2D eigenvalue weighted by Gasteiger charge is -2.23. The highest BCUT2D eigenvalue weighted by Crippen LogP contribution is 2.24. The summed E-state index contributed by atoms with van der Waals surface area (Å²) >= 11 is 1.46. The van der Waals surface area contributed by atoms with Crippen molar-refractivity contribution in [2.45, 2.75) is 18.8 Å². The minimum absolute atomic E-state index is 0.0611. The lowest BCUT2D eigenvalue weighted by atomic mass is 10.1. The third-order valence-electron chi connectivity index (χ3n) is 4.14. The Morgan fingerprint density at radius 2 is 1.97 bits per heavy atom. The molecule has 6 nitrogen and oxygen atoms in total. The number of halogens is 3. The molecular formula is C19H18F3N3O3S. The molecule has 1 unspecified atom stereocenters. The molecule has 1 aromatic heterocycles. The molecule has 3 rings (SSSR count). The number of benzene rings is 1. The first-order valence-corrected chi connectivity index (χ1v) is 9.85. The highest BCUT2D eigenvalue weighted by atomic mass is 32.2. The zero-order valence-corrected chi connectivity index (χ0v) is 16.0. The molecule has 0 saturated carbocycles. The number of ether oxygens (including phenoxy) is 1. The third-order valence-corrected chi connectivity index (χ3v) is 5.15. The normalized spacial score (nSPS) is 16.5. The molecular weight excluding hydrogens is 407 g/mol. The van der Waals surface area contributed by atoms with E-state index in [0.29, 0.717) is 22.8 Å². The molecule has 0 bridgehead atoms. The summed E-state index contributed by atoms with van der Waals surface area (Å²) in [7, 11) is 0. The van der Waals surface area contributed by atoms with Crippen molar-refractivity contribution in [3.05, 3.63) is 59.8 Å². The van der Waals surface area contributed by atoms with Crippen molar-refractivity contribution in [1.29, 1.82) is 0 Å². The van der Waals surface area contributed by atoms with Crippen LogP contribution in [0.5, 0.6) is 5.88 Å². The van der Waals surface area contributed by atoms with E-state index in [9.17, 15) is 22.8 Å². The molecule has 1 aromatic carbocycles. The Morgan fingerprint density at radius 3 is 2.69 bits per heavy atom. The third kappa shape index (κ3) is 5.63. The van der Waals surface area contributed by atoms with Crippen LogP contribution in [0.15, 0.2) is 48.7 Å². The number of pyridine rings is 1. The largest absolute Gasteiger partial charge is 0.468 e. The van der Waals surface area contributed by atoms with E-state index in [1.807, 2.05) is 0 Å². The number of rotatable bonds is 6. The molecule has 2 aromatic rings. The van der Waals surface area contributed by atoms with Crippen LogP contribution in [-0.2, 0) is 11.3 Å². The van der Waals surface area contributed by atoms with E-state index >= 15 is 0 Å². The van der Waals surface area contributed by atoms with Crippen molar-refractivity contribution in [2.24, 2.45) is 0 Å². The van der Waals surface area contributed by atoms with Crippen LogP contribution in [0, 0.1) is 0 Å². The van der Waals surface area contributed by atoms with Crippen LogP contribution in [-0.4, -0.2) is 52.2 Å². The second-order valence-corrected chi connectivity index (χ2v) is 7.25. The van der Waals surface area contributed by atoms with Gasteiger partial charge in [-0.2, -0.15) is 13.2 Å². The summed E-state index contributed by atoms with van der Waals surface area (Å²) in [5.41, 5.74) is 0.805. The summed E-state index contributed by atoms with van der Waals surface area (Å²) in [5, 5.41) is 2.67. The van der Waals surface area contributed by atoms with E-state index in [1.165, 1.54) is 28.9 Å². The van der Waals surface area contributed by atoms with E-state index in [0.717, 1.165) is 0 Å². The summed E-state index contributed by atoms with van der Waals surface area (Å²) in [5.74, 6) is 0.00689. The van der Waals surface area contributed by atoms with Crippen LogP contribution in [0.4, 0.5) is 13.2 Å². The molecule has 154 valence electrons. The molecule has 2 heterocycles. The Balaban J connectivity index is 1.63. The highest BCUT2D eigenvalue weighted by Gasteiger charge is 2.35. The van der Waals surface area contributed by atoms with Crippen molar-refractivity contribution in [3.8, 4) is 5.88 Å². The maximum atomic E-state index is 12.7. The van der Waals surface area contributed by atoms with E-state index in [1.54, 1.807) is 36.4 Å². The number of amides is 2. The van der Waals surface area contributed by atoms with Gasteiger partial charge in [0.25, 0.3) is 5.91 Å². The fraction of sp³-hybridized carbons (Fsp3) is 0.316. The molecule has 29 heavy (non-hydrogen) atoms. The van der Waals surface area contributed by atoms with Crippen molar-refractivity contribution < 1.29 is 27.5 Å². The van der Waals surface area contributed by atoms with Gasteiger partial charge in [0.1, 0.15) is 6.04 Å². The van der Waals surface area contributed by atoms with Gasteiger partial charge in [0.05, 0.1) is 5.88 Å². The predicted octanol–water partition coefficient (Wildman–Crippen LogP) is 2.85. The number of nitrogens with zero attached hydrogens (tertiary/aromatic N) is 2. The maximum Gasteiger partial charge on any atom is 0.422 e. The lowest BCUT2D eigenvalue weighted by molar-refractivity contribution is -0.154. The SMILES string of the molecule is O=C(NCc1cccnc1OCC(F)(F)F)C1CSCN1C(=O)c1ccccc1. The molecule has 0 radical (unpaired) electrons. The zero-order valence-electron chi connectivity index (χ0n) is 15.2. The fourth-order valence-electron chi connectivity index (χ4n) is 2.75. The van der Waals surface area contributed by atoms with Gasteiger partial charge < -0.3 is 15.0 Å². The van der Waals surface area contributed by atoms with Gasteiger partial charge in [0, 0.05) is 29.6 Å². The second kappa shape index (κ2) is 9.17. The fourth-order valence-corrected chi connectivity index (χ4v) is 3.90. The van der Waals surface area contributed by atoms with Crippen molar-refractivity contribution in [2.75, 3.05) is 18.2 Å².